The first kappa shape index (κ1) is 30.5. The first-order valence-corrected chi connectivity index (χ1v) is 13.7. The molecule has 0 amide bonds. The number of ketones is 1. The highest BCUT2D eigenvalue weighted by Crippen LogP contribution is 2.40. The number of rotatable bonds is 13. The molecule has 4 heteroatoms. The van der Waals surface area contributed by atoms with Crippen LogP contribution in [0.5, 0.6) is 0 Å². The SMILES string of the molecule is CCC(O)(/C=C/c1ccc(C(CC)(CC)c2ccc(C(=O)CCC(C)(C)C(=O)O)c(C)c2)cc1C)CC. The van der Waals surface area contributed by atoms with E-state index in [4.69, 9.17) is 0 Å². The van der Waals surface area contributed by atoms with Crippen LogP contribution in [0.3, 0.4) is 0 Å². The van der Waals surface area contributed by atoms with Gasteiger partial charge < -0.3 is 10.2 Å². The summed E-state index contributed by atoms with van der Waals surface area (Å²) in [6.45, 7) is 15.8. The highest BCUT2D eigenvalue weighted by atomic mass is 16.4. The normalized spacial score (nSPS) is 12.8. The van der Waals surface area contributed by atoms with Crippen molar-refractivity contribution >= 4 is 17.8 Å². The third-order valence-electron chi connectivity index (χ3n) is 8.46. The average molecular weight is 507 g/mol. The van der Waals surface area contributed by atoms with Gasteiger partial charge in [0.2, 0.25) is 0 Å². The van der Waals surface area contributed by atoms with Gasteiger partial charge in [0, 0.05) is 17.4 Å². The van der Waals surface area contributed by atoms with Gasteiger partial charge in [-0.3, -0.25) is 9.59 Å². The Kier molecular flexibility index (Phi) is 10.1. The Morgan fingerprint density at radius 2 is 1.38 bits per heavy atom. The summed E-state index contributed by atoms with van der Waals surface area (Å²) in [5.41, 5.74) is 4.42. The molecule has 4 nitrogen and oxygen atoms in total. The first-order valence-electron chi connectivity index (χ1n) is 13.7. The Morgan fingerprint density at radius 3 is 1.84 bits per heavy atom. The van der Waals surface area contributed by atoms with Crippen molar-refractivity contribution in [2.45, 2.75) is 105 Å². The van der Waals surface area contributed by atoms with Crippen LogP contribution >= 0.6 is 0 Å². The number of aliphatic hydroxyl groups is 1. The van der Waals surface area contributed by atoms with Crippen LogP contribution in [0, 0.1) is 19.3 Å². The highest BCUT2D eigenvalue weighted by Gasteiger charge is 2.32. The first-order chi connectivity index (χ1) is 17.3. The van der Waals surface area contributed by atoms with Gasteiger partial charge in [-0.05, 0) is 87.6 Å². The fourth-order valence-electron chi connectivity index (χ4n) is 5.07. The summed E-state index contributed by atoms with van der Waals surface area (Å²) >= 11 is 0. The predicted octanol–water partition coefficient (Wildman–Crippen LogP) is 8.05. The minimum Gasteiger partial charge on any atom is -0.481 e. The molecule has 0 fully saturated rings. The summed E-state index contributed by atoms with van der Waals surface area (Å²) < 4.78 is 0. The molecule has 2 aromatic carbocycles. The minimum absolute atomic E-state index is 0.0110. The Balaban J connectivity index is 2.40. The van der Waals surface area contributed by atoms with Crippen LogP contribution in [0.15, 0.2) is 42.5 Å². The lowest BCUT2D eigenvalue weighted by Gasteiger charge is -2.34. The van der Waals surface area contributed by atoms with Gasteiger partial charge in [-0.1, -0.05) is 76.2 Å². The second-order valence-electron chi connectivity index (χ2n) is 11.1. The highest BCUT2D eigenvalue weighted by molar-refractivity contribution is 5.97. The zero-order valence-corrected chi connectivity index (χ0v) is 24.1. The molecule has 0 aliphatic heterocycles. The van der Waals surface area contributed by atoms with Crippen molar-refractivity contribution in [2.75, 3.05) is 0 Å². The molecule has 0 saturated carbocycles. The third kappa shape index (κ3) is 6.78. The van der Waals surface area contributed by atoms with Gasteiger partial charge >= 0.3 is 5.97 Å². The lowest BCUT2D eigenvalue weighted by molar-refractivity contribution is -0.147. The second-order valence-corrected chi connectivity index (χ2v) is 11.1. The molecule has 2 rings (SSSR count). The standard InChI is InChI=1S/C33H46O4/c1-9-32(37,10-2)20-17-25-13-14-26(21-23(25)5)33(11-3,12-4)27-15-16-28(24(6)22-27)29(34)18-19-31(7,8)30(35)36/h13-17,20-22,37H,9-12,18-19H2,1-8H3,(H,35,36)/b20-17+. The fraction of sp³-hybridized carbons (Fsp3) is 0.515. The molecule has 0 atom stereocenters. The van der Waals surface area contributed by atoms with Gasteiger partial charge in [-0.15, -0.1) is 0 Å². The Bertz CT molecular complexity index is 1130. The van der Waals surface area contributed by atoms with Crippen molar-refractivity contribution in [3.05, 3.63) is 75.9 Å². The summed E-state index contributed by atoms with van der Waals surface area (Å²) in [6, 6.07) is 12.7. The maximum atomic E-state index is 12.9. The molecule has 37 heavy (non-hydrogen) atoms. The molecular weight excluding hydrogens is 460 g/mol. The summed E-state index contributed by atoms with van der Waals surface area (Å²) in [4.78, 5) is 24.4. The predicted molar refractivity (Wildman–Crippen MR) is 153 cm³/mol. The maximum Gasteiger partial charge on any atom is 0.309 e. The van der Waals surface area contributed by atoms with Gasteiger partial charge in [0.05, 0.1) is 11.0 Å². The number of hydrogen-bond acceptors (Lipinski definition) is 3. The van der Waals surface area contributed by atoms with E-state index >= 15 is 0 Å². The van der Waals surface area contributed by atoms with E-state index < -0.39 is 17.0 Å². The lowest BCUT2D eigenvalue weighted by Crippen LogP contribution is -2.27. The molecule has 0 heterocycles. The van der Waals surface area contributed by atoms with Crippen molar-refractivity contribution in [3.63, 3.8) is 0 Å². The van der Waals surface area contributed by atoms with E-state index in [1.54, 1.807) is 13.8 Å². The lowest BCUT2D eigenvalue weighted by atomic mass is 9.69. The topological polar surface area (TPSA) is 74.6 Å². The Labute approximate surface area is 223 Å². The van der Waals surface area contributed by atoms with E-state index in [0.29, 0.717) is 24.8 Å². The van der Waals surface area contributed by atoms with Gasteiger partial charge in [-0.2, -0.15) is 0 Å². The average Bonchev–Trinajstić information content (AvgIpc) is 2.87. The van der Waals surface area contributed by atoms with Gasteiger partial charge in [-0.25, -0.2) is 0 Å². The number of carboxylic acid groups (broad SMARTS) is 1. The fourth-order valence-corrected chi connectivity index (χ4v) is 5.07. The molecule has 0 aromatic heterocycles. The van der Waals surface area contributed by atoms with Gasteiger partial charge in [0.15, 0.2) is 5.78 Å². The number of carbonyl (C=O) groups is 2. The van der Waals surface area contributed by atoms with E-state index in [2.05, 4.69) is 51.1 Å². The maximum absolute atomic E-state index is 12.9. The number of aliphatic carboxylic acids is 1. The Morgan fingerprint density at radius 1 is 0.838 bits per heavy atom. The zero-order valence-electron chi connectivity index (χ0n) is 24.1. The molecule has 0 aliphatic carbocycles. The largest absolute Gasteiger partial charge is 0.481 e. The number of Topliss-reactive ketones (excluding diaryl/α,β-unsaturated/α-hetero) is 1. The number of aryl methyl sites for hydroxylation is 2. The van der Waals surface area contributed by atoms with E-state index in [-0.39, 0.29) is 17.6 Å². The van der Waals surface area contributed by atoms with Crippen molar-refractivity contribution in [3.8, 4) is 0 Å². The molecule has 0 aliphatic rings. The molecular formula is C33H46O4. The molecule has 2 N–H and O–H groups in total. The molecule has 0 radical (unpaired) electrons. The van der Waals surface area contributed by atoms with Crippen LogP contribution in [0.4, 0.5) is 0 Å². The van der Waals surface area contributed by atoms with Crippen molar-refractivity contribution in [1.82, 2.24) is 0 Å². The van der Waals surface area contributed by atoms with Crippen LogP contribution < -0.4 is 0 Å². The van der Waals surface area contributed by atoms with Crippen LogP contribution in [-0.4, -0.2) is 27.6 Å². The van der Waals surface area contributed by atoms with Crippen molar-refractivity contribution < 1.29 is 19.8 Å². The van der Waals surface area contributed by atoms with E-state index in [1.165, 1.54) is 16.7 Å². The molecule has 2 aromatic rings. The van der Waals surface area contributed by atoms with E-state index in [9.17, 15) is 19.8 Å². The number of carboxylic acids is 1. The zero-order chi connectivity index (χ0) is 28.0. The monoisotopic (exact) mass is 506 g/mol. The van der Waals surface area contributed by atoms with E-state index in [1.807, 2.05) is 39.0 Å². The molecule has 202 valence electrons. The van der Waals surface area contributed by atoms with E-state index in [0.717, 1.165) is 24.0 Å². The number of carbonyl (C=O) groups excluding carboxylic acids is 1. The molecule has 0 saturated heterocycles. The van der Waals surface area contributed by atoms with Crippen LogP contribution in [0.25, 0.3) is 6.08 Å². The third-order valence-corrected chi connectivity index (χ3v) is 8.46. The van der Waals surface area contributed by atoms with Gasteiger partial charge in [0.25, 0.3) is 0 Å². The van der Waals surface area contributed by atoms with Crippen molar-refractivity contribution in [2.24, 2.45) is 5.41 Å². The number of benzene rings is 2. The molecule has 0 bridgehead atoms. The van der Waals surface area contributed by atoms with Crippen LogP contribution in [-0.2, 0) is 10.2 Å². The summed E-state index contributed by atoms with van der Waals surface area (Å²) in [7, 11) is 0. The quantitative estimate of drug-likeness (QED) is 0.270. The molecule has 0 spiro atoms. The summed E-state index contributed by atoms with van der Waals surface area (Å²) in [6.07, 6.45) is 7.67. The smallest absolute Gasteiger partial charge is 0.309 e. The Hall–Kier alpha value is -2.72. The van der Waals surface area contributed by atoms with Crippen LogP contribution in [0.2, 0.25) is 0 Å². The summed E-state index contributed by atoms with van der Waals surface area (Å²) in [5.74, 6) is -0.894. The molecule has 0 unspecified atom stereocenters. The minimum atomic E-state index is -0.923. The summed E-state index contributed by atoms with van der Waals surface area (Å²) in [5, 5.41) is 20.0. The van der Waals surface area contributed by atoms with Gasteiger partial charge in [0.1, 0.15) is 0 Å². The number of hydrogen-bond donors (Lipinski definition) is 2. The van der Waals surface area contributed by atoms with Crippen molar-refractivity contribution in [1.29, 1.82) is 0 Å². The second kappa shape index (κ2) is 12.2. The van der Waals surface area contributed by atoms with Crippen LogP contribution in [0.1, 0.15) is 118 Å².